The topological polar surface area (TPSA) is 43.8 Å². The van der Waals surface area contributed by atoms with Crippen LogP contribution >= 0.6 is 0 Å². The molecule has 106 valence electrons. The molecule has 0 aliphatic carbocycles. The predicted molar refractivity (Wildman–Crippen MR) is 85.0 cm³/mol. The lowest BCUT2D eigenvalue weighted by Crippen LogP contribution is -2.18. The highest BCUT2D eigenvalue weighted by Gasteiger charge is 2.17. The lowest BCUT2D eigenvalue weighted by Gasteiger charge is -2.20. The maximum Gasteiger partial charge on any atom is 0.0954 e. The summed E-state index contributed by atoms with van der Waals surface area (Å²) in [6.07, 6.45) is 3.72. The Kier molecular flexibility index (Phi) is 3.84. The smallest absolute Gasteiger partial charge is 0.0954 e. The summed E-state index contributed by atoms with van der Waals surface area (Å²) < 4.78 is 2.15. The summed E-state index contributed by atoms with van der Waals surface area (Å²) in [7, 11) is 0. The van der Waals surface area contributed by atoms with E-state index in [1.807, 2.05) is 36.8 Å². The number of imidazole rings is 1. The largest absolute Gasteiger partial charge is 0.326 e. The van der Waals surface area contributed by atoms with Gasteiger partial charge in [0, 0.05) is 0 Å². The van der Waals surface area contributed by atoms with Crippen molar-refractivity contribution in [3.63, 3.8) is 0 Å². The van der Waals surface area contributed by atoms with Gasteiger partial charge in [-0.25, -0.2) is 4.98 Å². The number of benzene rings is 2. The van der Waals surface area contributed by atoms with E-state index in [0.717, 1.165) is 11.3 Å². The van der Waals surface area contributed by atoms with Crippen LogP contribution in [0.1, 0.15) is 35.8 Å². The van der Waals surface area contributed by atoms with E-state index in [1.54, 1.807) is 0 Å². The number of hydrogen-bond donors (Lipinski definition) is 1. The van der Waals surface area contributed by atoms with Crippen LogP contribution < -0.4 is 5.73 Å². The molecule has 0 aliphatic rings. The van der Waals surface area contributed by atoms with E-state index in [4.69, 9.17) is 5.73 Å². The van der Waals surface area contributed by atoms with Crippen LogP contribution in [0.4, 0.5) is 0 Å². The molecule has 3 heteroatoms. The van der Waals surface area contributed by atoms with Crippen LogP contribution in [0.25, 0.3) is 0 Å². The molecule has 2 aromatic carbocycles. The first kappa shape index (κ1) is 13.6. The summed E-state index contributed by atoms with van der Waals surface area (Å²) in [6.45, 7) is 2.16. The van der Waals surface area contributed by atoms with Crippen LogP contribution in [0.15, 0.2) is 73.2 Å². The van der Waals surface area contributed by atoms with Gasteiger partial charge in [-0.15, -0.1) is 0 Å². The van der Waals surface area contributed by atoms with Crippen molar-refractivity contribution in [2.75, 3.05) is 0 Å². The number of rotatable bonds is 4. The van der Waals surface area contributed by atoms with E-state index in [0.29, 0.717) is 0 Å². The normalized spacial score (nSPS) is 13.8. The van der Waals surface area contributed by atoms with Crippen LogP contribution in [-0.2, 0) is 0 Å². The third kappa shape index (κ3) is 2.73. The van der Waals surface area contributed by atoms with Crippen LogP contribution in [0.2, 0.25) is 0 Å². The molecular weight excluding hydrogens is 258 g/mol. The fourth-order valence-corrected chi connectivity index (χ4v) is 2.60. The maximum absolute atomic E-state index is 6.42. The van der Waals surface area contributed by atoms with Gasteiger partial charge in [0.25, 0.3) is 0 Å². The lowest BCUT2D eigenvalue weighted by molar-refractivity contribution is 0.591. The van der Waals surface area contributed by atoms with Crippen molar-refractivity contribution in [1.29, 1.82) is 0 Å². The van der Waals surface area contributed by atoms with Gasteiger partial charge in [0.1, 0.15) is 0 Å². The van der Waals surface area contributed by atoms with Crippen molar-refractivity contribution < 1.29 is 0 Å². The van der Waals surface area contributed by atoms with E-state index in [2.05, 4.69) is 52.9 Å². The summed E-state index contributed by atoms with van der Waals surface area (Å²) in [4.78, 5) is 4.30. The fourth-order valence-electron chi connectivity index (χ4n) is 2.60. The standard InChI is InChI=1S/C18H19N3/c1-14(15-8-4-2-5-9-15)21-13-20-12-17(21)18(19)16-10-6-3-7-11-16/h2-14,18H,19H2,1H3. The Bertz CT molecular complexity index is 629. The average molecular weight is 277 g/mol. The Morgan fingerprint density at radius 3 is 2.10 bits per heavy atom. The maximum atomic E-state index is 6.42. The fraction of sp³-hybridized carbons (Fsp3) is 0.167. The molecule has 2 N–H and O–H groups in total. The van der Waals surface area contributed by atoms with Crippen molar-refractivity contribution in [2.45, 2.75) is 19.0 Å². The summed E-state index contributed by atoms with van der Waals surface area (Å²) in [5.41, 5.74) is 9.79. The Hall–Kier alpha value is -2.39. The van der Waals surface area contributed by atoms with Gasteiger partial charge < -0.3 is 10.3 Å². The van der Waals surface area contributed by atoms with Crippen molar-refractivity contribution in [1.82, 2.24) is 9.55 Å². The molecule has 3 rings (SSSR count). The Morgan fingerprint density at radius 1 is 0.905 bits per heavy atom. The zero-order valence-electron chi connectivity index (χ0n) is 12.1. The highest BCUT2D eigenvalue weighted by molar-refractivity contribution is 5.28. The molecular formula is C18H19N3. The third-order valence-corrected chi connectivity index (χ3v) is 3.87. The summed E-state index contributed by atoms with van der Waals surface area (Å²) in [6, 6.07) is 20.6. The molecule has 2 unspecified atom stereocenters. The molecule has 21 heavy (non-hydrogen) atoms. The second-order valence-electron chi connectivity index (χ2n) is 5.20. The average Bonchev–Trinajstić information content (AvgIpc) is 3.04. The first-order chi connectivity index (χ1) is 10.3. The van der Waals surface area contributed by atoms with E-state index in [-0.39, 0.29) is 12.1 Å². The molecule has 1 heterocycles. The minimum Gasteiger partial charge on any atom is -0.326 e. The van der Waals surface area contributed by atoms with Crippen LogP contribution in [0, 0.1) is 0 Å². The van der Waals surface area contributed by atoms with Gasteiger partial charge >= 0.3 is 0 Å². The highest BCUT2D eigenvalue weighted by Crippen LogP contribution is 2.25. The number of hydrogen-bond acceptors (Lipinski definition) is 2. The Balaban J connectivity index is 1.94. The molecule has 0 amide bonds. The van der Waals surface area contributed by atoms with Crippen LogP contribution in [0.5, 0.6) is 0 Å². The molecule has 2 atom stereocenters. The molecule has 0 radical (unpaired) electrons. The van der Waals surface area contributed by atoms with Crippen molar-refractivity contribution >= 4 is 0 Å². The van der Waals surface area contributed by atoms with E-state index < -0.39 is 0 Å². The second kappa shape index (κ2) is 5.94. The quantitative estimate of drug-likeness (QED) is 0.792. The summed E-state index contributed by atoms with van der Waals surface area (Å²) >= 11 is 0. The van der Waals surface area contributed by atoms with Crippen molar-refractivity contribution in [2.24, 2.45) is 5.73 Å². The minimum atomic E-state index is -0.167. The molecule has 0 spiro atoms. The van der Waals surface area contributed by atoms with Crippen LogP contribution in [-0.4, -0.2) is 9.55 Å². The molecule has 0 fully saturated rings. The van der Waals surface area contributed by atoms with E-state index >= 15 is 0 Å². The van der Waals surface area contributed by atoms with Gasteiger partial charge in [-0.05, 0) is 18.1 Å². The zero-order valence-corrected chi connectivity index (χ0v) is 12.1. The molecule has 1 aromatic heterocycles. The predicted octanol–water partition coefficient (Wildman–Crippen LogP) is 3.54. The van der Waals surface area contributed by atoms with Crippen molar-refractivity contribution in [3.05, 3.63) is 90.0 Å². The van der Waals surface area contributed by atoms with Gasteiger partial charge in [-0.3, -0.25) is 0 Å². The number of aromatic nitrogens is 2. The Morgan fingerprint density at radius 2 is 1.48 bits per heavy atom. The molecule has 0 aliphatic heterocycles. The van der Waals surface area contributed by atoms with Gasteiger partial charge in [0.05, 0.1) is 30.3 Å². The number of nitrogens with zero attached hydrogens (tertiary/aromatic N) is 2. The minimum absolute atomic E-state index is 0.167. The Labute approximate surface area is 125 Å². The molecule has 0 saturated carbocycles. The monoisotopic (exact) mass is 277 g/mol. The van der Waals surface area contributed by atoms with Gasteiger partial charge in [0.2, 0.25) is 0 Å². The van der Waals surface area contributed by atoms with Crippen LogP contribution in [0.3, 0.4) is 0 Å². The SMILES string of the molecule is CC(c1ccccc1)n1cncc1C(N)c1ccccc1. The third-order valence-electron chi connectivity index (χ3n) is 3.87. The van der Waals surface area contributed by atoms with Gasteiger partial charge in [-0.1, -0.05) is 60.7 Å². The van der Waals surface area contributed by atoms with Gasteiger partial charge in [0.15, 0.2) is 0 Å². The molecule has 3 aromatic rings. The first-order valence-electron chi connectivity index (χ1n) is 7.14. The lowest BCUT2D eigenvalue weighted by atomic mass is 10.0. The molecule has 0 saturated heterocycles. The first-order valence-corrected chi connectivity index (χ1v) is 7.14. The number of nitrogens with two attached hydrogens (primary N) is 1. The summed E-state index contributed by atoms with van der Waals surface area (Å²) in [5, 5.41) is 0. The van der Waals surface area contributed by atoms with E-state index in [1.165, 1.54) is 5.56 Å². The molecule has 0 bridgehead atoms. The zero-order chi connectivity index (χ0) is 14.7. The van der Waals surface area contributed by atoms with E-state index in [9.17, 15) is 0 Å². The summed E-state index contributed by atoms with van der Waals surface area (Å²) in [5.74, 6) is 0. The second-order valence-corrected chi connectivity index (χ2v) is 5.20. The molecule has 3 nitrogen and oxygen atoms in total. The van der Waals surface area contributed by atoms with Crippen molar-refractivity contribution in [3.8, 4) is 0 Å². The highest BCUT2D eigenvalue weighted by atomic mass is 15.1. The van der Waals surface area contributed by atoms with Gasteiger partial charge in [-0.2, -0.15) is 0 Å².